The van der Waals surface area contributed by atoms with Crippen LogP contribution in [0.3, 0.4) is 0 Å². The van der Waals surface area contributed by atoms with Gasteiger partial charge in [0.1, 0.15) is 0 Å². The number of aliphatic carboxylic acids is 2. The first-order valence-electron chi connectivity index (χ1n) is 10.3. The number of unbranched alkanes of at least 4 members (excludes halogenated alkanes) is 1. The van der Waals surface area contributed by atoms with Crippen LogP contribution >= 0.6 is 0 Å². The summed E-state index contributed by atoms with van der Waals surface area (Å²) < 4.78 is 10.5. The van der Waals surface area contributed by atoms with Gasteiger partial charge in [-0.25, -0.2) is 0 Å². The number of carboxylic acid groups (broad SMARTS) is 2. The molecule has 0 aromatic heterocycles. The Morgan fingerprint density at radius 1 is 0.933 bits per heavy atom. The molecule has 2 aliphatic rings. The molecule has 0 aromatic carbocycles. The lowest BCUT2D eigenvalue weighted by Crippen LogP contribution is -2.37. The zero-order valence-electron chi connectivity index (χ0n) is 17.4. The molecule has 0 saturated carbocycles. The molecule has 8 heteroatoms. The molecule has 2 aliphatic carbocycles. The van der Waals surface area contributed by atoms with Crippen molar-refractivity contribution in [2.75, 3.05) is 13.2 Å². The Bertz CT molecular complexity index is 723. The molecule has 0 aliphatic heterocycles. The van der Waals surface area contributed by atoms with Crippen LogP contribution in [0, 0.1) is 29.6 Å². The molecule has 5 unspecified atom stereocenters. The summed E-state index contributed by atoms with van der Waals surface area (Å²) in [5, 5.41) is 18.6. The minimum absolute atomic E-state index is 0.110. The lowest BCUT2D eigenvalue weighted by Gasteiger charge is -2.28. The normalized spacial score (nSPS) is 28.3. The predicted molar refractivity (Wildman–Crippen MR) is 106 cm³/mol. The second-order valence-electron chi connectivity index (χ2n) is 8.08. The smallest absolute Gasteiger partial charge is 0.310 e. The van der Waals surface area contributed by atoms with Crippen molar-refractivity contribution in [1.82, 2.24) is 0 Å². The predicted octanol–water partition coefficient (Wildman–Crippen LogP) is 2.82. The number of carbonyl (C=O) groups is 4. The quantitative estimate of drug-likeness (QED) is 0.330. The van der Waals surface area contributed by atoms with E-state index in [1.807, 2.05) is 19.1 Å². The summed E-state index contributed by atoms with van der Waals surface area (Å²) in [7, 11) is 0. The van der Waals surface area contributed by atoms with E-state index in [2.05, 4.69) is 0 Å². The molecule has 2 rings (SSSR count). The van der Waals surface area contributed by atoms with Gasteiger partial charge < -0.3 is 19.7 Å². The third-order valence-corrected chi connectivity index (χ3v) is 5.81. The van der Waals surface area contributed by atoms with E-state index in [4.69, 9.17) is 9.47 Å². The number of ether oxygens (including phenoxy) is 2. The van der Waals surface area contributed by atoms with E-state index in [0.29, 0.717) is 32.1 Å². The number of allylic oxidation sites excluding steroid dienone is 4. The monoisotopic (exact) mass is 422 g/mol. The number of esters is 2. The zero-order valence-corrected chi connectivity index (χ0v) is 17.4. The van der Waals surface area contributed by atoms with E-state index in [1.165, 1.54) is 0 Å². The number of carbonyl (C=O) groups excluding carboxylic acids is 2. The van der Waals surface area contributed by atoms with Gasteiger partial charge in [0.2, 0.25) is 0 Å². The van der Waals surface area contributed by atoms with Gasteiger partial charge in [-0.15, -0.1) is 0 Å². The van der Waals surface area contributed by atoms with Gasteiger partial charge in [0, 0.05) is 0 Å². The Morgan fingerprint density at radius 3 is 2.13 bits per heavy atom. The van der Waals surface area contributed by atoms with Crippen molar-refractivity contribution in [2.45, 2.75) is 46.0 Å². The highest BCUT2D eigenvalue weighted by Gasteiger charge is 2.39. The van der Waals surface area contributed by atoms with Crippen molar-refractivity contribution >= 4 is 23.9 Å². The molecule has 0 saturated heterocycles. The molecular weight excluding hydrogens is 392 g/mol. The van der Waals surface area contributed by atoms with Crippen molar-refractivity contribution in [1.29, 1.82) is 0 Å². The van der Waals surface area contributed by atoms with Gasteiger partial charge in [-0.05, 0) is 44.9 Å². The molecule has 30 heavy (non-hydrogen) atoms. The molecule has 0 bridgehead atoms. The van der Waals surface area contributed by atoms with Crippen molar-refractivity contribution in [2.24, 2.45) is 29.6 Å². The van der Waals surface area contributed by atoms with Gasteiger partial charge in [-0.1, -0.05) is 30.7 Å². The highest BCUT2D eigenvalue weighted by atomic mass is 16.5. The van der Waals surface area contributed by atoms with Crippen molar-refractivity contribution in [3.8, 4) is 0 Å². The molecule has 0 radical (unpaired) electrons. The van der Waals surface area contributed by atoms with E-state index in [1.54, 1.807) is 13.0 Å². The second kappa shape index (κ2) is 10.9. The summed E-state index contributed by atoms with van der Waals surface area (Å²) in [6, 6.07) is 0. The standard InChI is InChI=1S/C22H30O8/c1-13-8-9-15(17(12-13)20(25)26)21(27)29-10-3-4-11-30-22(28)18-14(2)6-5-7-16(18)19(23)24/h5-6,8,14-18H,3-4,7,9-12H2,1-2H3,(H,23,24)(H,25,26). The minimum Gasteiger partial charge on any atom is -0.481 e. The van der Waals surface area contributed by atoms with Gasteiger partial charge in [0.25, 0.3) is 0 Å². The summed E-state index contributed by atoms with van der Waals surface area (Å²) in [6.45, 7) is 3.87. The van der Waals surface area contributed by atoms with Crippen LogP contribution in [0.4, 0.5) is 0 Å². The maximum absolute atomic E-state index is 12.3. The lowest BCUT2D eigenvalue weighted by atomic mass is 9.76. The van der Waals surface area contributed by atoms with Gasteiger partial charge in [0.15, 0.2) is 0 Å². The molecule has 0 spiro atoms. The molecule has 0 heterocycles. The van der Waals surface area contributed by atoms with E-state index in [0.717, 1.165) is 5.57 Å². The van der Waals surface area contributed by atoms with Crippen molar-refractivity contribution in [3.05, 3.63) is 23.8 Å². The fraction of sp³-hybridized carbons (Fsp3) is 0.636. The van der Waals surface area contributed by atoms with Crippen molar-refractivity contribution in [3.63, 3.8) is 0 Å². The van der Waals surface area contributed by atoms with Crippen LogP contribution in [0.1, 0.15) is 46.0 Å². The van der Waals surface area contributed by atoms with Gasteiger partial charge in [0.05, 0.1) is 36.9 Å². The maximum Gasteiger partial charge on any atom is 0.310 e. The minimum atomic E-state index is -1.01. The molecule has 5 atom stereocenters. The fourth-order valence-electron chi connectivity index (χ4n) is 4.04. The number of carboxylic acids is 2. The van der Waals surface area contributed by atoms with Crippen LogP contribution in [-0.4, -0.2) is 47.3 Å². The van der Waals surface area contributed by atoms with E-state index in [-0.39, 0.29) is 19.1 Å². The SMILES string of the molecule is CC1=CCC(C(=O)OCCCCOC(=O)C2C(C)C=CCC2C(=O)O)C(C(=O)O)C1. The molecule has 166 valence electrons. The fourth-order valence-corrected chi connectivity index (χ4v) is 4.04. The van der Waals surface area contributed by atoms with Crippen LogP contribution < -0.4 is 0 Å². The first-order valence-corrected chi connectivity index (χ1v) is 10.3. The highest BCUT2D eigenvalue weighted by molar-refractivity contribution is 5.82. The van der Waals surface area contributed by atoms with E-state index >= 15 is 0 Å². The zero-order chi connectivity index (χ0) is 22.3. The third kappa shape index (κ3) is 6.18. The molecule has 0 aromatic rings. The topological polar surface area (TPSA) is 127 Å². The lowest BCUT2D eigenvalue weighted by molar-refractivity contribution is -0.160. The molecule has 8 nitrogen and oxygen atoms in total. The molecule has 2 N–H and O–H groups in total. The Balaban J connectivity index is 1.71. The number of rotatable bonds is 9. The number of hydrogen-bond acceptors (Lipinski definition) is 6. The second-order valence-corrected chi connectivity index (χ2v) is 8.08. The highest BCUT2D eigenvalue weighted by Crippen LogP contribution is 2.32. The Morgan fingerprint density at radius 2 is 1.53 bits per heavy atom. The summed E-state index contributed by atoms with van der Waals surface area (Å²) in [4.78, 5) is 47.3. The van der Waals surface area contributed by atoms with Crippen LogP contribution in [-0.2, 0) is 28.7 Å². The first-order chi connectivity index (χ1) is 14.2. The van der Waals surface area contributed by atoms with E-state index in [9.17, 15) is 29.4 Å². The molecular formula is C22H30O8. The van der Waals surface area contributed by atoms with Crippen molar-refractivity contribution < 1.29 is 38.9 Å². The van der Waals surface area contributed by atoms with Gasteiger partial charge in [-0.3, -0.25) is 19.2 Å². The van der Waals surface area contributed by atoms with Crippen LogP contribution in [0.25, 0.3) is 0 Å². The molecule has 0 fully saturated rings. The van der Waals surface area contributed by atoms with Gasteiger partial charge >= 0.3 is 23.9 Å². The molecule has 0 amide bonds. The Labute approximate surface area is 175 Å². The summed E-state index contributed by atoms with van der Waals surface area (Å²) in [6.07, 6.45) is 7.41. The largest absolute Gasteiger partial charge is 0.481 e. The maximum atomic E-state index is 12.3. The average molecular weight is 422 g/mol. The van der Waals surface area contributed by atoms with Crippen LogP contribution in [0.2, 0.25) is 0 Å². The van der Waals surface area contributed by atoms with Crippen LogP contribution in [0.15, 0.2) is 23.8 Å². The first kappa shape index (κ1) is 23.6. The summed E-state index contributed by atoms with van der Waals surface area (Å²) in [5.74, 6) is -6.19. The Kier molecular flexibility index (Phi) is 8.62. The van der Waals surface area contributed by atoms with E-state index < -0.39 is 47.5 Å². The summed E-state index contributed by atoms with van der Waals surface area (Å²) >= 11 is 0. The summed E-state index contributed by atoms with van der Waals surface area (Å²) in [5.41, 5.74) is 0.959. The third-order valence-electron chi connectivity index (χ3n) is 5.81. The van der Waals surface area contributed by atoms with Gasteiger partial charge in [-0.2, -0.15) is 0 Å². The van der Waals surface area contributed by atoms with Crippen LogP contribution in [0.5, 0.6) is 0 Å². The average Bonchev–Trinajstić information content (AvgIpc) is 2.69. The Hall–Kier alpha value is -2.64. The number of hydrogen-bond donors (Lipinski definition) is 2.